The molecule has 0 aromatic carbocycles. The first-order valence-electron chi connectivity index (χ1n) is 6.46. The van der Waals surface area contributed by atoms with Gasteiger partial charge in [-0.25, -0.2) is 0 Å². The smallest absolute Gasteiger partial charge is 0.369 e. The van der Waals surface area contributed by atoms with Crippen LogP contribution in [0, 0.1) is 11.8 Å². The molecule has 1 amide bonds. The summed E-state index contributed by atoms with van der Waals surface area (Å²) in [5, 5.41) is 1.81. The topological polar surface area (TPSA) is 106 Å². The quantitative estimate of drug-likeness (QED) is 0.692. The van der Waals surface area contributed by atoms with Gasteiger partial charge in [-0.15, -0.1) is 0 Å². The molecule has 0 bridgehead atoms. The number of aromatic nitrogens is 3. The van der Waals surface area contributed by atoms with Crippen LogP contribution in [0.1, 0.15) is 12.5 Å². The molecule has 0 radical (unpaired) electrons. The Labute approximate surface area is 127 Å². The molecule has 0 saturated heterocycles. The molecular formula is C13H12F3N5O2. The van der Waals surface area contributed by atoms with Crippen molar-refractivity contribution in [3.05, 3.63) is 22.1 Å². The summed E-state index contributed by atoms with van der Waals surface area (Å²) in [6.07, 6.45) is -3.41. The first-order chi connectivity index (χ1) is 10.7. The molecule has 0 atom stereocenters. The van der Waals surface area contributed by atoms with Crippen LogP contribution in [0.5, 0.6) is 0 Å². The third kappa shape index (κ3) is 3.45. The average Bonchev–Trinajstić information content (AvgIpc) is 2.80. The molecule has 0 spiro atoms. The number of rotatable bonds is 2. The zero-order valence-corrected chi connectivity index (χ0v) is 11.9. The van der Waals surface area contributed by atoms with E-state index in [1.807, 2.05) is 6.92 Å². The van der Waals surface area contributed by atoms with E-state index in [-0.39, 0.29) is 16.9 Å². The molecule has 7 nitrogen and oxygen atoms in total. The lowest BCUT2D eigenvalue weighted by Crippen LogP contribution is -2.36. The van der Waals surface area contributed by atoms with Gasteiger partial charge in [-0.1, -0.05) is 11.8 Å². The Bertz CT molecular complexity index is 870. The second kappa shape index (κ2) is 6.04. The van der Waals surface area contributed by atoms with Crippen LogP contribution >= 0.6 is 0 Å². The number of amides is 1. The van der Waals surface area contributed by atoms with Gasteiger partial charge in [0.05, 0.1) is 17.5 Å². The fourth-order valence-corrected chi connectivity index (χ4v) is 1.91. The van der Waals surface area contributed by atoms with Crippen LogP contribution in [-0.2, 0) is 11.3 Å². The summed E-state index contributed by atoms with van der Waals surface area (Å²) >= 11 is 0. The van der Waals surface area contributed by atoms with Crippen molar-refractivity contribution in [2.75, 3.05) is 12.3 Å². The highest BCUT2D eigenvalue weighted by Crippen LogP contribution is 2.16. The summed E-state index contributed by atoms with van der Waals surface area (Å²) in [5.41, 5.74) is 5.61. The van der Waals surface area contributed by atoms with Crippen LogP contribution in [0.15, 0.2) is 11.0 Å². The molecular weight excluding hydrogens is 315 g/mol. The van der Waals surface area contributed by atoms with Crippen molar-refractivity contribution in [3.8, 4) is 11.8 Å². The second-order valence-electron chi connectivity index (χ2n) is 4.46. The van der Waals surface area contributed by atoms with Gasteiger partial charge >= 0.3 is 12.1 Å². The summed E-state index contributed by atoms with van der Waals surface area (Å²) in [5.74, 6) is 2.80. The van der Waals surface area contributed by atoms with E-state index < -0.39 is 24.2 Å². The normalized spacial score (nSPS) is 11.1. The van der Waals surface area contributed by atoms with E-state index in [2.05, 4.69) is 21.8 Å². The minimum absolute atomic E-state index is 0.0488. The van der Waals surface area contributed by atoms with Crippen molar-refractivity contribution < 1.29 is 18.0 Å². The zero-order valence-electron chi connectivity index (χ0n) is 11.9. The number of hydrogen-bond donors (Lipinski definition) is 3. The summed E-state index contributed by atoms with van der Waals surface area (Å²) in [6, 6.07) is 0. The number of anilines is 1. The Morgan fingerprint density at radius 2 is 2.22 bits per heavy atom. The molecule has 2 rings (SSSR count). The van der Waals surface area contributed by atoms with Gasteiger partial charge in [-0.05, 0) is 6.92 Å². The largest absolute Gasteiger partial charge is 0.471 e. The number of aryl methyl sites for hydroxylation is 1. The number of nitrogen functional groups attached to an aromatic ring is 1. The number of aromatic amines is 1. The highest BCUT2D eigenvalue weighted by Gasteiger charge is 2.38. The zero-order chi connectivity index (χ0) is 17.2. The molecule has 2 aromatic rings. The Balaban J connectivity index is 2.30. The Morgan fingerprint density at radius 3 is 2.83 bits per heavy atom. The number of nitrogens with one attached hydrogen (secondary N) is 2. The third-order valence-electron chi connectivity index (χ3n) is 2.90. The standard InChI is InChI=1S/C13H12F3N5O2/c1-2-21-6-7(4-3-5-18-11(23)13(14,15)16)8-9(21)19-12(17)20-10(8)22/h6H,2,5H2,1H3,(H,18,23)(H3,17,19,20,22). The molecule has 2 heterocycles. The van der Waals surface area contributed by atoms with Gasteiger partial charge in [0, 0.05) is 12.7 Å². The summed E-state index contributed by atoms with van der Waals surface area (Å²) in [7, 11) is 0. The number of alkyl halides is 3. The number of nitrogens with zero attached hydrogens (tertiary/aromatic N) is 2. The maximum atomic E-state index is 12.0. The van der Waals surface area contributed by atoms with E-state index in [0.29, 0.717) is 12.2 Å². The number of carbonyl (C=O) groups excluding carboxylic acids is 1. The van der Waals surface area contributed by atoms with Gasteiger partial charge in [-0.2, -0.15) is 18.2 Å². The number of nitrogens with two attached hydrogens (primary N) is 1. The Morgan fingerprint density at radius 1 is 1.52 bits per heavy atom. The predicted octanol–water partition coefficient (Wildman–Crippen LogP) is 0.357. The molecule has 4 N–H and O–H groups in total. The molecule has 0 saturated carbocycles. The second-order valence-corrected chi connectivity index (χ2v) is 4.46. The lowest BCUT2D eigenvalue weighted by molar-refractivity contribution is -0.173. The number of halogens is 3. The maximum absolute atomic E-state index is 12.0. The minimum Gasteiger partial charge on any atom is -0.369 e. The molecule has 23 heavy (non-hydrogen) atoms. The molecule has 0 fully saturated rings. The van der Waals surface area contributed by atoms with Gasteiger partial charge < -0.3 is 15.6 Å². The van der Waals surface area contributed by atoms with Crippen LogP contribution < -0.4 is 16.6 Å². The van der Waals surface area contributed by atoms with E-state index >= 15 is 0 Å². The number of hydrogen-bond acceptors (Lipinski definition) is 4. The number of carbonyl (C=O) groups is 1. The lowest BCUT2D eigenvalue weighted by atomic mass is 10.2. The van der Waals surface area contributed by atoms with Crippen LogP contribution in [0.4, 0.5) is 19.1 Å². The van der Waals surface area contributed by atoms with Crippen molar-refractivity contribution in [1.82, 2.24) is 19.9 Å². The lowest BCUT2D eigenvalue weighted by Gasteiger charge is -2.03. The van der Waals surface area contributed by atoms with E-state index in [0.717, 1.165) is 0 Å². The summed E-state index contributed by atoms with van der Waals surface area (Å²) in [4.78, 5) is 28.9. The Hall–Kier alpha value is -2.96. The third-order valence-corrected chi connectivity index (χ3v) is 2.90. The van der Waals surface area contributed by atoms with Crippen molar-refractivity contribution in [3.63, 3.8) is 0 Å². The van der Waals surface area contributed by atoms with E-state index in [4.69, 9.17) is 5.73 Å². The van der Waals surface area contributed by atoms with E-state index in [1.54, 1.807) is 16.1 Å². The van der Waals surface area contributed by atoms with Crippen molar-refractivity contribution >= 4 is 22.9 Å². The highest BCUT2D eigenvalue weighted by molar-refractivity contribution is 5.84. The predicted molar refractivity (Wildman–Crippen MR) is 76.4 cm³/mol. The van der Waals surface area contributed by atoms with Gasteiger partial charge in [-0.3, -0.25) is 14.6 Å². The van der Waals surface area contributed by atoms with Gasteiger partial charge in [0.1, 0.15) is 0 Å². The SMILES string of the molecule is CCn1cc(C#CCNC(=O)C(F)(F)F)c2c(=O)[nH]c(N)nc21. The van der Waals surface area contributed by atoms with Crippen LogP contribution in [0.2, 0.25) is 0 Å². The average molecular weight is 327 g/mol. The highest BCUT2D eigenvalue weighted by atomic mass is 19.4. The van der Waals surface area contributed by atoms with Crippen molar-refractivity contribution in [1.29, 1.82) is 0 Å². The van der Waals surface area contributed by atoms with Crippen molar-refractivity contribution in [2.45, 2.75) is 19.6 Å². The van der Waals surface area contributed by atoms with Gasteiger partial charge in [0.2, 0.25) is 5.95 Å². The Kier molecular flexibility index (Phi) is 4.31. The van der Waals surface area contributed by atoms with Gasteiger partial charge in [0.15, 0.2) is 5.65 Å². The summed E-state index contributed by atoms with van der Waals surface area (Å²) < 4.78 is 37.7. The monoisotopic (exact) mass is 327 g/mol. The molecule has 0 aliphatic rings. The van der Waals surface area contributed by atoms with Crippen molar-refractivity contribution in [2.24, 2.45) is 0 Å². The fourth-order valence-electron chi connectivity index (χ4n) is 1.91. The van der Waals surface area contributed by atoms with Crippen LogP contribution in [0.3, 0.4) is 0 Å². The minimum atomic E-state index is -4.96. The molecule has 0 aliphatic carbocycles. The first-order valence-corrected chi connectivity index (χ1v) is 6.46. The van der Waals surface area contributed by atoms with E-state index in [1.165, 1.54) is 0 Å². The van der Waals surface area contributed by atoms with Crippen LogP contribution in [-0.4, -0.2) is 33.2 Å². The molecule has 0 aliphatic heterocycles. The first kappa shape index (κ1) is 16.4. The summed E-state index contributed by atoms with van der Waals surface area (Å²) in [6.45, 7) is 1.82. The number of H-pyrrole nitrogens is 1. The van der Waals surface area contributed by atoms with E-state index in [9.17, 15) is 22.8 Å². The molecule has 0 unspecified atom stereocenters. The fraction of sp³-hybridized carbons (Fsp3) is 0.308. The number of fused-ring (bicyclic) bond motifs is 1. The molecule has 2 aromatic heterocycles. The maximum Gasteiger partial charge on any atom is 0.471 e. The van der Waals surface area contributed by atoms with Gasteiger partial charge in [0.25, 0.3) is 5.56 Å². The molecule has 10 heteroatoms. The molecule has 122 valence electrons. The van der Waals surface area contributed by atoms with Crippen LogP contribution in [0.25, 0.3) is 11.0 Å².